The van der Waals surface area contributed by atoms with Gasteiger partial charge in [0.05, 0.1) is 12.5 Å². The van der Waals surface area contributed by atoms with Crippen LogP contribution in [0, 0.1) is 5.92 Å². The van der Waals surface area contributed by atoms with Crippen molar-refractivity contribution < 1.29 is 10.0 Å². The molecule has 17 heavy (non-hydrogen) atoms. The Balaban J connectivity index is 2.68. The quantitative estimate of drug-likeness (QED) is 0.328. The standard InChI is InChI=1S/C10H17N5O2/c1-7(9(11)13-17)10(16)15(3)6-8-12-4-5-14(8)2/h4-5,7,17H,6H2,1-3H3,(H2,11,13). The number of oxime groups is 1. The molecule has 0 fully saturated rings. The predicted octanol–water partition coefficient (Wildman–Crippen LogP) is -0.239. The summed E-state index contributed by atoms with van der Waals surface area (Å²) in [5.41, 5.74) is 5.39. The number of hydrogen-bond acceptors (Lipinski definition) is 4. The lowest BCUT2D eigenvalue weighted by Crippen LogP contribution is -2.38. The van der Waals surface area contributed by atoms with Gasteiger partial charge < -0.3 is 20.4 Å². The van der Waals surface area contributed by atoms with Crippen LogP contribution in [0.5, 0.6) is 0 Å². The average Bonchev–Trinajstić information content (AvgIpc) is 2.72. The first-order valence-electron chi connectivity index (χ1n) is 5.16. The van der Waals surface area contributed by atoms with Crippen LogP contribution in [0.1, 0.15) is 12.7 Å². The molecular weight excluding hydrogens is 222 g/mol. The Morgan fingerprint density at radius 2 is 2.41 bits per heavy atom. The smallest absolute Gasteiger partial charge is 0.233 e. The van der Waals surface area contributed by atoms with Crippen molar-refractivity contribution >= 4 is 11.7 Å². The van der Waals surface area contributed by atoms with E-state index < -0.39 is 5.92 Å². The molecule has 94 valence electrons. The fourth-order valence-corrected chi connectivity index (χ4v) is 1.38. The number of amides is 1. The van der Waals surface area contributed by atoms with E-state index in [0.29, 0.717) is 6.54 Å². The second-order valence-electron chi connectivity index (χ2n) is 3.90. The van der Waals surface area contributed by atoms with Crippen LogP contribution in [-0.2, 0) is 18.4 Å². The molecule has 0 saturated carbocycles. The Kier molecular flexibility index (Phi) is 4.08. The highest BCUT2D eigenvalue weighted by Gasteiger charge is 2.22. The van der Waals surface area contributed by atoms with Gasteiger partial charge in [-0.3, -0.25) is 4.79 Å². The fourth-order valence-electron chi connectivity index (χ4n) is 1.38. The number of nitrogens with two attached hydrogens (primary N) is 1. The lowest BCUT2D eigenvalue weighted by Gasteiger charge is -2.20. The maximum Gasteiger partial charge on any atom is 0.233 e. The number of aryl methyl sites for hydroxylation is 1. The highest BCUT2D eigenvalue weighted by molar-refractivity contribution is 6.01. The van der Waals surface area contributed by atoms with Gasteiger partial charge in [-0.2, -0.15) is 0 Å². The molecule has 0 aliphatic carbocycles. The topological polar surface area (TPSA) is 96.7 Å². The summed E-state index contributed by atoms with van der Waals surface area (Å²) in [7, 11) is 3.51. The van der Waals surface area contributed by atoms with Crippen LogP contribution in [0.4, 0.5) is 0 Å². The van der Waals surface area contributed by atoms with Gasteiger partial charge in [0.25, 0.3) is 0 Å². The number of rotatable bonds is 4. The SMILES string of the molecule is CC(C(=O)N(C)Cc1nccn1C)C(N)=NO. The van der Waals surface area contributed by atoms with Crippen molar-refractivity contribution in [1.82, 2.24) is 14.5 Å². The van der Waals surface area contributed by atoms with Gasteiger partial charge in [0.2, 0.25) is 5.91 Å². The van der Waals surface area contributed by atoms with Crippen LogP contribution in [0.15, 0.2) is 17.5 Å². The molecule has 0 bridgehead atoms. The van der Waals surface area contributed by atoms with E-state index in [1.165, 1.54) is 4.90 Å². The Morgan fingerprint density at radius 1 is 1.76 bits per heavy atom. The van der Waals surface area contributed by atoms with E-state index in [0.717, 1.165) is 5.82 Å². The molecule has 7 nitrogen and oxygen atoms in total. The minimum atomic E-state index is -0.648. The molecule has 1 aromatic rings. The average molecular weight is 239 g/mol. The number of imidazole rings is 1. The number of carbonyl (C=O) groups excluding carboxylic acids is 1. The number of amidine groups is 1. The molecule has 0 spiro atoms. The highest BCUT2D eigenvalue weighted by Crippen LogP contribution is 2.05. The van der Waals surface area contributed by atoms with Crippen molar-refractivity contribution in [3.05, 3.63) is 18.2 Å². The first kappa shape index (κ1) is 13.0. The third-order valence-electron chi connectivity index (χ3n) is 2.61. The lowest BCUT2D eigenvalue weighted by molar-refractivity contribution is -0.132. The van der Waals surface area contributed by atoms with Crippen molar-refractivity contribution in [3.8, 4) is 0 Å². The van der Waals surface area contributed by atoms with Crippen molar-refractivity contribution in [3.63, 3.8) is 0 Å². The summed E-state index contributed by atoms with van der Waals surface area (Å²) < 4.78 is 1.83. The summed E-state index contributed by atoms with van der Waals surface area (Å²) in [5.74, 6) is -0.192. The number of aromatic nitrogens is 2. The van der Waals surface area contributed by atoms with E-state index in [1.807, 2.05) is 11.6 Å². The number of nitrogens with zero attached hydrogens (tertiary/aromatic N) is 4. The van der Waals surface area contributed by atoms with Crippen LogP contribution in [0.25, 0.3) is 0 Å². The Hall–Kier alpha value is -2.05. The molecule has 1 amide bonds. The van der Waals surface area contributed by atoms with E-state index in [4.69, 9.17) is 10.9 Å². The molecule has 1 rings (SSSR count). The summed E-state index contributed by atoms with van der Waals surface area (Å²) >= 11 is 0. The van der Waals surface area contributed by atoms with Gasteiger partial charge in [-0.15, -0.1) is 0 Å². The maximum absolute atomic E-state index is 11.9. The molecule has 0 saturated heterocycles. The maximum atomic E-state index is 11.9. The Labute approximate surface area is 99.5 Å². The van der Waals surface area contributed by atoms with Gasteiger partial charge in [0.1, 0.15) is 5.82 Å². The fraction of sp³-hybridized carbons (Fsp3) is 0.500. The minimum Gasteiger partial charge on any atom is -0.409 e. The Morgan fingerprint density at radius 3 is 2.88 bits per heavy atom. The monoisotopic (exact) mass is 239 g/mol. The summed E-state index contributed by atoms with van der Waals surface area (Å²) in [5, 5.41) is 11.3. The second kappa shape index (κ2) is 5.33. The van der Waals surface area contributed by atoms with Crippen LogP contribution in [0.3, 0.4) is 0 Å². The third-order valence-corrected chi connectivity index (χ3v) is 2.61. The first-order valence-corrected chi connectivity index (χ1v) is 5.16. The van der Waals surface area contributed by atoms with E-state index in [1.54, 1.807) is 26.4 Å². The van der Waals surface area contributed by atoms with Crippen LogP contribution >= 0.6 is 0 Å². The zero-order chi connectivity index (χ0) is 13.0. The molecule has 0 radical (unpaired) electrons. The second-order valence-corrected chi connectivity index (χ2v) is 3.90. The molecule has 1 aromatic heterocycles. The predicted molar refractivity (Wildman–Crippen MR) is 62.3 cm³/mol. The molecule has 3 N–H and O–H groups in total. The molecule has 1 atom stereocenters. The van der Waals surface area contributed by atoms with Crippen molar-refractivity contribution in [2.24, 2.45) is 23.9 Å². The highest BCUT2D eigenvalue weighted by atomic mass is 16.4. The zero-order valence-corrected chi connectivity index (χ0v) is 10.2. The van der Waals surface area contributed by atoms with Gasteiger partial charge in [-0.25, -0.2) is 4.98 Å². The van der Waals surface area contributed by atoms with E-state index >= 15 is 0 Å². The van der Waals surface area contributed by atoms with Gasteiger partial charge in [0.15, 0.2) is 5.84 Å². The van der Waals surface area contributed by atoms with E-state index in [2.05, 4.69) is 10.1 Å². The van der Waals surface area contributed by atoms with Crippen LogP contribution < -0.4 is 5.73 Å². The van der Waals surface area contributed by atoms with Gasteiger partial charge >= 0.3 is 0 Å². The normalized spacial score (nSPS) is 13.5. The largest absolute Gasteiger partial charge is 0.409 e. The number of hydrogen-bond donors (Lipinski definition) is 2. The van der Waals surface area contributed by atoms with Crippen molar-refractivity contribution in [1.29, 1.82) is 0 Å². The zero-order valence-electron chi connectivity index (χ0n) is 10.2. The lowest BCUT2D eigenvalue weighted by atomic mass is 10.1. The van der Waals surface area contributed by atoms with Crippen molar-refractivity contribution in [2.45, 2.75) is 13.5 Å². The van der Waals surface area contributed by atoms with Crippen LogP contribution in [0.2, 0.25) is 0 Å². The molecular formula is C10H17N5O2. The summed E-state index contributed by atoms with van der Waals surface area (Å²) in [4.78, 5) is 17.5. The third kappa shape index (κ3) is 2.96. The van der Waals surface area contributed by atoms with Gasteiger partial charge in [-0.05, 0) is 6.92 Å². The summed E-state index contributed by atoms with van der Waals surface area (Å²) in [6.45, 7) is 1.97. The Bertz CT molecular complexity index is 426. The molecule has 7 heteroatoms. The molecule has 0 aromatic carbocycles. The van der Waals surface area contributed by atoms with Crippen molar-refractivity contribution in [2.75, 3.05) is 7.05 Å². The van der Waals surface area contributed by atoms with E-state index in [9.17, 15) is 4.79 Å². The first-order chi connectivity index (χ1) is 7.97. The molecule has 1 unspecified atom stereocenters. The number of carbonyl (C=O) groups is 1. The molecule has 0 aliphatic rings. The van der Waals surface area contributed by atoms with Gasteiger partial charge in [-0.1, -0.05) is 5.16 Å². The summed E-state index contributed by atoms with van der Waals surface area (Å²) in [6.07, 6.45) is 3.47. The molecule has 0 aliphatic heterocycles. The van der Waals surface area contributed by atoms with Crippen LogP contribution in [-0.4, -0.2) is 38.4 Å². The van der Waals surface area contributed by atoms with Gasteiger partial charge in [0, 0.05) is 26.5 Å². The molecule has 1 heterocycles. The summed E-state index contributed by atoms with van der Waals surface area (Å²) in [6, 6.07) is 0. The van der Waals surface area contributed by atoms with E-state index in [-0.39, 0.29) is 11.7 Å². The minimum absolute atomic E-state index is 0.0957.